The predicted octanol–water partition coefficient (Wildman–Crippen LogP) is -0.972. The van der Waals surface area contributed by atoms with Crippen LogP contribution in [0.15, 0.2) is 0 Å². The minimum atomic E-state index is -0.727. The second-order valence-corrected chi connectivity index (χ2v) is 4.48. The van der Waals surface area contributed by atoms with Crippen LogP contribution in [-0.4, -0.2) is 48.4 Å². The summed E-state index contributed by atoms with van der Waals surface area (Å²) in [6.07, 6.45) is 0.733. The number of nitrogens with zero attached hydrogens (tertiary/aromatic N) is 1. The van der Waals surface area contributed by atoms with Gasteiger partial charge in [-0.05, 0) is 5.92 Å². The zero-order chi connectivity index (χ0) is 13.7. The van der Waals surface area contributed by atoms with Crippen LogP contribution >= 0.6 is 0 Å². The molecular formula is C11H20N4O3. The van der Waals surface area contributed by atoms with Crippen LogP contribution < -0.4 is 16.4 Å². The van der Waals surface area contributed by atoms with E-state index in [4.69, 9.17) is 5.73 Å². The van der Waals surface area contributed by atoms with E-state index in [1.807, 2.05) is 13.8 Å². The van der Waals surface area contributed by atoms with E-state index in [2.05, 4.69) is 10.6 Å². The Labute approximate surface area is 106 Å². The molecule has 7 nitrogen and oxygen atoms in total. The summed E-state index contributed by atoms with van der Waals surface area (Å²) in [5.41, 5.74) is 5.08. The number of urea groups is 1. The highest BCUT2D eigenvalue weighted by Gasteiger charge is 2.31. The molecule has 0 radical (unpaired) electrons. The van der Waals surface area contributed by atoms with Gasteiger partial charge in [-0.1, -0.05) is 20.3 Å². The molecule has 0 saturated carbocycles. The van der Waals surface area contributed by atoms with Gasteiger partial charge in [-0.3, -0.25) is 9.59 Å². The fourth-order valence-corrected chi connectivity index (χ4v) is 1.86. The van der Waals surface area contributed by atoms with Crippen LogP contribution in [0.4, 0.5) is 4.79 Å². The van der Waals surface area contributed by atoms with Gasteiger partial charge in [0.1, 0.15) is 6.04 Å². The molecule has 0 aliphatic carbocycles. The van der Waals surface area contributed by atoms with Gasteiger partial charge in [0, 0.05) is 13.1 Å². The number of rotatable bonds is 4. The maximum Gasteiger partial charge on any atom is 0.312 e. The third-order valence-corrected chi connectivity index (χ3v) is 3.13. The van der Waals surface area contributed by atoms with Crippen LogP contribution in [0.25, 0.3) is 0 Å². The summed E-state index contributed by atoms with van der Waals surface area (Å²) in [5.74, 6) is -0.468. The van der Waals surface area contributed by atoms with E-state index < -0.39 is 12.1 Å². The zero-order valence-electron chi connectivity index (χ0n) is 10.7. The Balaban J connectivity index is 2.74. The Morgan fingerprint density at radius 2 is 2.22 bits per heavy atom. The molecule has 4 amide bonds. The Hall–Kier alpha value is -1.79. The molecule has 0 bridgehead atoms. The molecule has 1 saturated heterocycles. The average molecular weight is 256 g/mol. The molecule has 0 aromatic carbocycles. The first-order valence-corrected chi connectivity index (χ1v) is 6.07. The van der Waals surface area contributed by atoms with Crippen LogP contribution in [0.1, 0.15) is 20.3 Å². The third kappa shape index (κ3) is 3.61. The van der Waals surface area contributed by atoms with E-state index in [0.717, 1.165) is 6.42 Å². The summed E-state index contributed by atoms with van der Waals surface area (Å²) in [4.78, 5) is 35.9. The molecule has 1 rings (SSSR count). The zero-order valence-corrected chi connectivity index (χ0v) is 10.7. The summed E-state index contributed by atoms with van der Waals surface area (Å²) < 4.78 is 0. The van der Waals surface area contributed by atoms with Crippen LogP contribution in [0.2, 0.25) is 0 Å². The first-order valence-electron chi connectivity index (χ1n) is 6.07. The highest BCUT2D eigenvalue weighted by molar-refractivity contribution is 5.90. The van der Waals surface area contributed by atoms with E-state index in [0.29, 0.717) is 13.1 Å². The van der Waals surface area contributed by atoms with Gasteiger partial charge in [0.2, 0.25) is 11.8 Å². The molecule has 0 aromatic rings. The smallest absolute Gasteiger partial charge is 0.312 e. The highest BCUT2D eigenvalue weighted by atomic mass is 16.2. The minimum absolute atomic E-state index is 0.0324. The SMILES string of the molecule is CC[C@@H](C)[C@H](NC(N)=O)C(=O)N1CCNC(=O)C1. The van der Waals surface area contributed by atoms with Crippen molar-refractivity contribution in [2.75, 3.05) is 19.6 Å². The topological polar surface area (TPSA) is 105 Å². The average Bonchev–Trinajstić information content (AvgIpc) is 2.34. The maximum absolute atomic E-state index is 12.3. The summed E-state index contributed by atoms with van der Waals surface area (Å²) in [5, 5.41) is 5.10. The van der Waals surface area contributed by atoms with Gasteiger partial charge in [0.25, 0.3) is 0 Å². The number of amides is 4. The number of nitrogens with two attached hydrogens (primary N) is 1. The summed E-state index contributed by atoms with van der Waals surface area (Å²) in [6.45, 7) is 4.72. The van der Waals surface area contributed by atoms with Gasteiger partial charge in [0.05, 0.1) is 6.54 Å². The monoisotopic (exact) mass is 256 g/mol. The molecule has 0 spiro atoms. The second kappa shape index (κ2) is 6.23. The number of primary amides is 1. The van der Waals surface area contributed by atoms with E-state index in [-0.39, 0.29) is 24.3 Å². The molecular weight excluding hydrogens is 236 g/mol. The van der Waals surface area contributed by atoms with Crippen LogP contribution in [0, 0.1) is 5.92 Å². The Morgan fingerprint density at radius 1 is 1.56 bits per heavy atom. The number of carbonyl (C=O) groups excluding carboxylic acids is 3. The molecule has 1 fully saturated rings. The highest BCUT2D eigenvalue weighted by Crippen LogP contribution is 2.11. The number of hydrogen-bond donors (Lipinski definition) is 3. The maximum atomic E-state index is 12.3. The van der Waals surface area contributed by atoms with Crippen molar-refractivity contribution in [3.63, 3.8) is 0 Å². The first-order chi connectivity index (χ1) is 8.45. The lowest BCUT2D eigenvalue weighted by Gasteiger charge is -2.32. The largest absolute Gasteiger partial charge is 0.353 e. The molecule has 7 heteroatoms. The quantitative estimate of drug-likeness (QED) is 0.602. The lowest BCUT2D eigenvalue weighted by molar-refractivity contribution is -0.140. The Kier molecular flexibility index (Phi) is 4.94. The number of carbonyl (C=O) groups is 3. The molecule has 4 N–H and O–H groups in total. The van der Waals surface area contributed by atoms with E-state index >= 15 is 0 Å². The summed E-state index contributed by atoms with van der Waals surface area (Å²) in [7, 11) is 0. The second-order valence-electron chi connectivity index (χ2n) is 4.48. The van der Waals surface area contributed by atoms with Gasteiger partial charge in [-0.25, -0.2) is 4.79 Å². The molecule has 1 aliphatic rings. The van der Waals surface area contributed by atoms with E-state index in [9.17, 15) is 14.4 Å². The van der Waals surface area contributed by atoms with Crippen molar-refractivity contribution in [2.45, 2.75) is 26.3 Å². The van der Waals surface area contributed by atoms with Gasteiger partial charge in [-0.2, -0.15) is 0 Å². The van der Waals surface area contributed by atoms with Crippen molar-refractivity contribution in [2.24, 2.45) is 11.7 Å². The lowest BCUT2D eigenvalue weighted by Crippen LogP contribution is -2.58. The fourth-order valence-electron chi connectivity index (χ4n) is 1.86. The van der Waals surface area contributed by atoms with Crippen molar-refractivity contribution in [3.8, 4) is 0 Å². The Morgan fingerprint density at radius 3 is 2.72 bits per heavy atom. The molecule has 1 aliphatic heterocycles. The van der Waals surface area contributed by atoms with Crippen LogP contribution in [-0.2, 0) is 9.59 Å². The fraction of sp³-hybridized carbons (Fsp3) is 0.727. The van der Waals surface area contributed by atoms with Gasteiger partial charge in [0.15, 0.2) is 0 Å². The van der Waals surface area contributed by atoms with Crippen molar-refractivity contribution in [1.82, 2.24) is 15.5 Å². The predicted molar refractivity (Wildman–Crippen MR) is 65.6 cm³/mol. The molecule has 2 atom stereocenters. The summed E-state index contributed by atoms with van der Waals surface area (Å²) in [6, 6.07) is -1.39. The van der Waals surface area contributed by atoms with Crippen molar-refractivity contribution in [3.05, 3.63) is 0 Å². The molecule has 0 unspecified atom stereocenters. The number of piperazine rings is 1. The van der Waals surface area contributed by atoms with Crippen molar-refractivity contribution < 1.29 is 14.4 Å². The van der Waals surface area contributed by atoms with Gasteiger partial charge >= 0.3 is 6.03 Å². The van der Waals surface area contributed by atoms with E-state index in [1.165, 1.54) is 4.90 Å². The normalized spacial score (nSPS) is 18.8. The third-order valence-electron chi connectivity index (χ3n) is 3.13. The lowest BCUT2D eigenvalue weighted by atomic mass is 9.97. The molecule has 1 heterocycles. The molecule has 18 heavy (non-hydrogen) atoms. The summed E-state index contributed by atoms with van der Waals surface area (Å²) >= 11 is 0. The van der Waals surface area contributed by atoms with Crippen LogP contribution in [0.3, 0.4) is 0 Å². The molecule has 102 valence electrons. The molecule has 0 aromatic heterocycles. The first kappa shape index (κ1) is 14.3. The van der Waals surface area contributed by atoms with Crippen molar-refractivity contribution >= 4 is 17.8 Å². The van der Waals surface area contributed by atoms with E-state index in [1.54, 1.807) is 0 Å². The van der Waals surface area contributed by atoms with Gasteiger partial charge < -0.3 is 21.3 Å². The van der Waals surface area contributed by atoms with Crippen molar-refractivity contribution in [1.29, 1.82) is 0 Å². The Bertz CT molecular complexity index is 345. The number of nitrogens with one attached hydrogen (secondary N) is 2. The standard InChI is InChI=1S/C11H20N4O3/c1-3-7(2)9(14-11(12)18)10(17)15-5-4-13-8(16)6-15/h7,9H,3-6H2,1-2H3,(H,13,16)(H3,12,14,18)/t7-,9+/m1/s1. The van der Waals surface area contributed by atoms with Crippen LogP contribution in [0.5, 0.6) is 0 Å². The number of hydrogen-bond acceptors (Lipinski definition) is 3. The van der Waals surface area contributed by atoms with Gasteiger partial charge in [-0.15, -0.1) is 0 Å². The minimum Gasteiger partial charge on any atom is -0.353 e.